The fraction of sp³-hybridized carbons (Fsp3) is 0.111. The number of ether oxygens (including phenoxy) is 1. The molecule has 0 radical (unpaired) electrons. The van der Waals surface area contributed by atoms with Gasteiger partial charge in [0.2, 0.25) is 0 Å². The van der Waals surface area contributed by atoms with E-state index in [1.54, 1.807) is 17.7 Å². The second-order valence-corrected chi connectivity index (χ2v) is 8.64. The molecule has 0 atom stereocenters. The fourth-order valence-electron chi connectivity index (χ4n) is 3.71. The fourth-order valence-corrected chi connectivity index (χ4v) is 4.63. The van der Waals surface area contributed by atoms with Crippen molar-refractivity contribution in [2.24, 2.45) is 0 Å². The van der Waals surface area contributed by atoms with Crippen LogP contribution in [0.1, 0.15) is 13.8 Å². The molecule has 0 fully saturated rings. The Hall–Kier alpha value is -3.70. The number of rotatable bonds is 6. The molecule has 32 heavy (non-hydrogen) atoms. The van der Waals surface area contributed by atoms with E-state index >= 15 is 0 Å². The first-order chi connectivity index (χ1) is 15.7. The van der Waals surface area contributed by atoms with Crippen LogP contribution in [0.2, 0.25) is 0 Å². The zero-order chi connectivity index (χ0) is 21.9. The highest BCUT2D eigenvalue weighted by Gasteiger charge is 2.15. The van der Waals surface area contributed by atoms with Gasteiger partial charge in [-0.2, -0.15) is 0 Å². The molecule has 0 aliphatic rings. The minimum atomic E-state index is 0.0863. The Morgan fingerprint density at radius 2 is 1.47 bits per heavy atom. The van der Waals surface area contributed by atoms with Gasteiger partial charge in [-0.05, 0) is 42.7 Å². The van der Waals surface area contributed by atoms with Gasteiger partial charge in [0, 0.05) is 10.9 Å². The summed E-state index contributed by atoms with van der Waals surface area (Å²) in [5.74, 6) is 1.58. The number of aromatic nitrogens is 2. The van der Waals surface area contributed by atoms with Crippen LogP contribution < -0.4 is 10.1 Å². The second-order valence-electron chi connectivity index (χ2n) is 7.78. The van der Waals surface area contributed by atoms with Crippen molar-refractivity contribution in [2.45, 2.75) is 20.0 Å². The number of benzene rings is 3. The molecule has 5 aromatic rings. The van der Waals surface area contributed by atoms with E-state index in [-0.39, 0.29) is 6.10 Å². The molecule has 5 heteroatoms. The van der Waals surface area contributed by atoms with E-state index in [1.807, 2.05) is 44.2 Å². The first-order valence-corrected chi connectivity index (χ1v) is 11.5. The Morgan fingerprint density at radius 3 is 2.25 bits per heavy atom. The third-order valence-electron chi connectivity index (χ3n) is 5.18. The van der Waals surface area contributed by atoms with E-state index in [1.165, 1.54) is 11.1 Å². The maximum Gasteiger partial charge on any atom is 0.143 e. The lowest BCUT2D eigenvalue weighted by Gasteiger charge is -2.15. The van der Waals surface area contributed by atoms with Gasteiger partial charge >= 0.3 is 0 Å². The predicted molar refractivity (Wildman–Crippen MR) is 134 cm³/mol. The first-order valence-electron chi connectivity index (χ1n) is 10.6. The lowest BCUT2D eigenvalue weighted by Crippen LogP contribution is -2.07. The Bertz CT molecular complexity index is 1340. The molecule has 4 nitrogen and oxygen atoms in total. The van der Waals surface area contributed by atoms with Crippen LogP contribution in [0, 0.1) is 0 Å². The largest absolute Gasteiger partial charge is 0.489 e. The Kier molecular flexibility index (Phi) is 5.57. The van der Waals surface area contributed by atoms with Crippen molar-refractivity contribution in [3.05, 3.63) is 90.6 Å². The lowest BCUT2D eigenvalue weighted by molar-refractivity contribution is 0.244. The smallest absolute Gasteiger partial charge is 0.143 e. The zero-order valence-electron chi connectivity index (χ0n) is 17.9. The number of nitrogens with one attached hydrogen (secondary N) is 1. The number of thiophene rings is 1. The SMILES string of the molecule is CC(C)Oc1ccccc1Nc1ncnc2scc(-c3ccc(-c4ccccc4)cc3)c12. The Labute approximate surface area is 191 Å². The molecule has 2 aromatic heterocycles. The Morgan fingerprint density at radius 1 is 0.781 bits per heavy atom. The first kappa shape index (κ1) is 20.2. The van der Waals surface area contributed by atoms with Crippen LogP contribution >= 0.6 is 11.3 Å². The molecule has 0 bridgehead atoms. The minimum absolute atomic E-state index is 0.0863. The van der Waals surface area contributed by atoms with Crippen molar-refractivity contribution in [2.75, 3.05) is 5.32 Å². The second kappa shape index (κ2) is 8.81. The van der Waals surface area contributed by atoms with Gasteiger partial charge in [-0.25, -0.2) is 9.97 Å². The number of nitrogens with zero attached hydrogens (tertiary/aromatic N) is 2. The van der Waals surface area contributed by atoms with Crippen molar-refractivity contribution in [1.29, 1.82) is 0 Å². The van der Waals surface area contributed by atoms with Crippen LogP contribution in [0.4, 0.5) is 11.5 Å². The summed E-state index contributed by atoms with van der Waals surface area (Å²) in [5, 5.41) is 6.65. The molecule has 0 saturated heterocycles. The van der Waals surface area contributed by atoms with Crippen LogP contribution in [-0.2, 0) is 0 Å². The van der Waals surface area contributed by atoms with E-state index in [0.29, 0.717) is 0 Å². The molecule has 3 aromatic carbocycles. The molecule has 0 spiro atoms. The summed E-state index contributed by atoms with van der Waals surface area (Å²) in [4.78, 5) is 10.0. The van der Waals surface area contributed by atoms with Crippen molar-refractivity contribution in [1.82, 2.24) is 9.97 Å². The number of para-hydroxylation sites is 2. The lowest BCUT2D eigenvalue weighted by atomic mass is 10.0. The van der Waals surface area contributed by atoms with Crippen LogP contribution in [-0.4, -0.2) is 16.1 Å². The summed E-state index contributed by atoms with van der Waals surface area (Å²) in [6, 6.07) is 27.0. The van der Waals surface area contributed by atoms with Gasteiger partial charge in [-0.3, -0.25) is 0 Å². The average molecular weight is 438 g/mol. The summed E-state index contributed by atoms with van der Waals surface area (Å²) in [6.07, 6.45) is 1.69. The van der Waals surface area contributed by atoms with Gasteiger partial charge in [0.1, 0.15) is 22.7 Å². The van der Waals surface area contributed by atoms with Gasteiger partial charge in [-0.15, -0.1) is 11.3 Å². The number of hydrogen-bond acceptors (Lipinski definition) is 5. The number of fused-ring (bicyclic) bond motifs is 1. The molecule has 0 saturated carbocycles. The van der Waals surface area contributed by atoms with Crippen LogP contribution in [0.5, 0.6) is 5.75 Å². The quantitative estimate of drug-likeness (QED) is 0.298. The standard InChI is InChI=1S/C27H23N3OS/c1-18(2)31-24-11-7-6-10-23(24)30-26-25-22(16-32-27(25)29-17-28-26)21-14-12-20(13-15-21)19-8-4-3-5-9-19/h3-18H,1-2H3,(H,28,29,30). The predicted octanol–water partition coefficient (Wildman–Crippen LogP) is 7.56. The summed E-state index contributed by atoms with van der Waals surface area (Å²) >= 11 is 1.63. The van der Waals surface area contributed by atoms with E-state index in [2.05, 4.69) is 69.2 Å². The maximum atomic E-state index is 5.98. The summed E-state index contributed by atoms with van der Waals surface area (Å²) in [5.41, 5.74) is 5.55. The van der Waals surface area contributed by atoms with Crippen molar-refractivity contribution in [3.63, 3.8) is 0 Å². The highest BCUT2D eigenvalue weighted by Crippen LogP contribution is 2.39. The average Bonchev–Trinajstić information content (AvgIpc) is 3.26. The highest BCUT2D eigenvalue weighted by molar-refractivity contribution is 7.17. The molecule has 0 aliphatic carbocycles. The zero-order valence-corrected chi connectivity index (χ0v) is 18.8. The topological polar surface area (TPSA) is 47.0 Å². The number of anilines is 2. The monoisotopic (exact) mass is 437 g/mol. The minimum Gasteiger partial charge on any atom is -0.489 e. The maximum absolute atomic E-state index is 5.98. The third-order valence-corrected chi connectivity index (χ3v) is 6.06. The van der Waals surface area contributed by atoms with Gasteiger partial charge < -0.3 is 10.1 Å². The molecule has 0 amide bonds. The van der Waals surface area contributed by atoms with Gasteiger partial charge in [0.25, 0.3) is 0 Å². The van der Waals surface area contributed by atoms with Crippen LogP contribution in [0.15, 0.2) is 90.6 Å². The molecule has 5 rings (SSSR count). The Balaban J connectivity index is 1.53. The number of hydrogen-bond donors (Lipinski definition) is 1. The molecule has 2 heterocycles. The van der Waals surface area contributed by atoms with Gasteiger partial charge in [0.05, 0.1) is 17.2 Å². The molecular formula is C27H23N3OS. The molecule has 158 valence electrons. The third kappa shape index (κ3) is 4.07. The normalized spacial score (nSPS) is 11.1. The van der Waals surface area contributed by atoms with Crippen molar-refractivity contribution >= 4 is 33.1 Å². The van der Waals surface area contributed by atoms with Crippen molar-refractivity contribution in [3.8, 4) is 28.0 Å². The highest BCUT2D eigenvalue weighted by atomic mass is 32.1. The van der Waals surface area contributed by atoms with E-state index < -0.39 is 0 Å². The molecule has 0 aliphatic heterocycles. The van der Waals surface area contributed by atoms with Crippen LogP contribution in [0.3, 0.4) is 0 Å². The van der Waals surface area contributed by atoms with E-state index in [9.17, 15) is 0 Å². The van der Waals surface area contributed by atoms with E-state index in [4.69, 9.17) is 4.74 Å². The van der Waals surface area contributed by atoms with Gasteiger partial charge in [0.15, 0.2) is 0 Å². The summed E-state index contributed by atoms with van der Waals surface area (Å²) in [6.45, 7) is 4.05. The van der Waals surface area contributed by atoms with Crippen LogP contribution in [0.25, 0.3) is 32.5 Å². The molecule has 0 unspecified atom stereocenters. The summed E-state index contributed by atoms with van der Waals surface area (Å²) in [7, 11) is 0. The van der Waals surface area contributed by atoms with E-state index in [0.717, 1.165) is 38.6 Å². The summed E-state index contributed by atoms with van der Waals surface area (Å²) < 4.78 is 5.98. The van der Waals surface area contributed by atoms with Gasteiger partial charge in [-0.1, -0.05) is 66.7 Å². The molecule has 1 N–H and O–H groups in total. The molecular weight excluding hydrogens is 414 g/mol. The van der Waals surface area contributed by atoms with Crippen molar-refractivity contribution < 1.29 is 4.74 Å².